The number of nitrogens with zero attached hydrogens (tertiary/aromatic N) is 2. The number of halogens is 2. The maximum atomic E-state index is 11.9. The van der Waals surface area contributed by atoms with E-state index < -0.39 is 47.6 Å². The third-order valence-electron chi connectivity index (χ3n) is 5.05. The van der Waals surface area contributed by atoms with Gasteiger partial charge in [0.2, 0.25) is 0 Å². The number of amides is 2. The minimum atomic E-state index is -1.10. The molecule has 0 aliphatic carbocycles. The van der Waals surface area contributed by atoms with Gasteiger partial charge >= 0.3 is 23.0 Å². The van der Waals surface area contributed by atoms with Crippen molar-refractivity contribution in [3.05, 3.63) is 0 Å². The van der Waals surface area contributed by atoms with Gasteiger partial charge in [0.1, 0.15) is 32.7 Å². The van der Waals surface area contributed by atoms with Gasteiger partial charge in [0.25, 0.3) is 0 Å². The monoisotopic (exact) mass is 789 g/mol. The van der Waals surface area contributed by atoms with E-state index in [4.69, 9.17) is 52.4 Å². The Morgan fingerprint density at radius 1 is 0.529 bits per heavy atom. The van der Waals surface area contributed by atoms with Crippen molar-refractivity contribution in [1.29, 1.82) is 0 Å². The molecule has 21 heteroatoms. The molecule has 0 rings (SSSR count). The third-order valence-corrected chi connectivity index (χ3v) is 5.26. The lowest BCUT2D eigenvalue weighted by Crippen LogP contribution is -2.43. The summed E-state index contributed by atoms with van der Waals surface area (Å²) in [5, 5.41) is 57.9. The minimum absolute atomic E-state index is 0. The van der Waals surface area contributed by atoms with Gasteiger partial charge in [0.05, 0.1) is 63.5 Å². The lowest BCUT2D eigenvalue weighted by Gasteiger charge is -2.26. The second kappa shape index (κ2) is 36.1. The smallest absolute Gasteiger partial charge is 0.411 e. The Morgan fingerprint density at radius 3 is 1.16 bits per heavy atom. The van der Waals surface area contributed by atoms with Crippen molar-refractivity contribution in [2.45, 2.75) is 85.7 Å². The van der Waals surface area contributed by atoms with Crippen molar-refractivity contribution in [3.63, 3.8) is 0 Å². The Balaban J connectivity index is -0.000000395. The zero-order valence-corrected chi connectivity index (χ0v) is 31.1. The van der Waals surface area contributed by atoms with Crippen LogP contribution < -0.4 is 5.32 Å². The molecule has 0 aliphatic rings. The van der Waals surface area contributed by atoms with E-state index in [-0.39, 0.29) is 92.1 Å². The van der Waals surface area contributed by atoms with Crippen LogP contribution in [0.3, 0.4) is 0 Å². The second-order valence-corrected chi connectivity index (χ2v) is 11.3. The average Bonchev–Trinajstić information content (AvgIpc) is 2.97. The molecule has 19 nitrogen and oxygen atoms in total. The van der Waals surface area contributed by atoms with Gasteiger partial charge in [-0.25, -0.2) is 19.2 Å². The molecule has 0 spiro atoms. The van der Waals surface area contributed by atoms with Crippen LogP contribution in [0, 0.1) is 0 Å². The molecule has 0 aliphatic heterocycles. The third kappa shape index (κ3) is 43.8. The highest BCUT2D eigenvalue weighted by molar-refractivity contribution is 6.61. The number of rotatable bonds is 23. The topological polar surface area (TPSA) is 264 Å². The van der Waals surface area contributed by atoms with Crippen LogP contribution in [0.25, 0.3) is 0 Å². The number of nitrogens with one attached hydrogen (secondary N) is 1. The number of hydrogen-bond acceptors (Lipinski definition) is 17. The van der Waals surface area contributed by atoms with Gasteiger partial charge in [-0.1, -0.05) is 7.43 Å². The number of carbonyl (C=O) groups is 4. The number of aliphatic hydroxyl groups excluding tert-OH is 6. The normalized spacial score (nSPS) is 13.8. The predicted molar refractivity (Wildman–Crippen MR) is 187 cm³/mol. The maximum absolute atomic E-state index is 11.9. The van der Waals surface area contributed by atoms with Gasteiger partial charge < -0.3 is 69.3 Å². The van der Waals surface area contributed by atoms with E-state index in [1.807, 2.05) is 0 Å². The summed E-state index contributed by atoms with van der Waals surface area (Å²) >= 11 is 9.71. The summed E-state index contributed by atoms with van der Waals surface area (Å²) in [7, 11) is 0. The van der Waals surface area contributed by atoms with Gasteiger partial charge in [-0.2, -0.15) is 0 Å². The van der Waals surface area contributed by atoms with Crippen molar-refractivity contribution in [3.8, 4) is 0 Å². The Labute approximate surface area is 310 Å². The summed E-state index contributed by atoms with van der Waals surface area (Å²) in [4.78, 5) is 46.0. The molecule has 2 amide bonds. The Morgan fingerprint density at radius 2 is 0.863 bits per heavy atom. The van der Waals surface area contributed by atoms with Crippen LogP contribution in [-0.2, 0) is 28.4 Å². The van der Waals surface area contributed by atoms with Crippen molar-refractivity contribution in [2.24, 2.45) is 0 Å². The molecule has 0 saturated heterocycles. The molecule has 0 radical (unpaired) electrons. The largest absolute Gasteiger partial charge is 0.451 e. The predicted octanol–water partition coefficient (Wildman–Crippen LogP) is 1.09. The van der Waals surface area contributed by atoms with Crippen LogP contribution in [-0.4, -0.2) is 186 Å². The van der Waals surface area contributed by atoms with Gasteiger partial charge in [-0.05, 0) is 41.5 Å². The first-order valence-corrected chi connectivity index (χ1v) is 16.5. The fourth-order valence-corrected chi connectivity index (χ4v) is 3.30. The standard InChI is InChI=1S/C17H34N2O9.C6H8Cl2O5.C6H15NO2.CH4/c1-12(20)9-18(10-13(2)21)16(24)27-7-5-26-6-8-28-17(25)19(15(4)23)11-14(3)22;7-5(9)12-3-1-11-2-4-13-6(8)10;1-5(8)3-7-4-6(2)9;/h12-15,20-23H,5-11H2,1-4H3;1-4H2;5-9H,3-4H2,1-2H3;1H4. The van der Waals surface area contributed by atoms with Crippen molar-refractivity contribution < 1.29 is 78.2 Å². The SMILES string of the molecule is C.CC(O)CN(CC(C)O)C(=O)OCCOCCOC(=O)N(CC(C)O)C(C)O.CC(O)CNCC(C)O.O=C(Cl)OCCOCCOC(=O)Cl. The summed E-state index contributed by atoms with van der Waals surface area (Å²) in [5.74, 6) is 0. The van der Waals surface area contributed by atoms with Crippen molar-refractivity contribution in [1.82, 2.24) is 15.1 Å². The number of carbonyl (C=O) groups excluding carboxylic acids is 4. The van der Waals surface area contributed by atoms with E-state index in [1.165, 1.54) is 32.6 Å². The summed E-state index contributed by atoms with van der Waals surface area (Å²) in [6, 6.07) is 0. The highest BCUT2D eigenvalue weighted by Crippen LogP contribution is 2.03. The van der Waals surface area contributed by atoms with E-state index in [2.05, 4.69) is 14.8 Å². The van der Waals surface area contributed by atoms with Gasteiger partial charge in [0.15, 0.2) is 0 Å². The quantitative estimate of drug-likeness (QED) is 0.0331. The molecule has 0 aromatic heterocycles. The first-order chi connectivity index (χ1) is 23.3. The summed E-state index contributed by atoms with van der Waals surface area (Å²) < 4.78 is 28.7. The van der Waals surface area contributed by atoms with Crippen LogP contribution in [0.5, 0.6) is 0 Å². The van der Waals surface area contributed by atoms with Crippen LogP contribution in [0.4, 0.5) is 19.2 Å². The molecule has 7 N–H and O–H groups in total. The van der Waals surface area contributed by atoms with Crippen LogP contribution in [0.1, 0.15) is 49.0 Å². The molecular weight excluding hydrogens is 729 g/mol. The highest BCUT2D eigenvalue weighted by Gasteiger charge is 2.21. The van der Waals surface area contributed by atoms with Crippen molar-refractivity contribution in [2.75, 3.05) is 85.6 Å². The molecule has 0 heterocycles. The molecule has 0 aromatic carbocycles. The van der Waals surface area contributed by atoms with Gasteiger partial charge in [-0.3, -0.25) is 4.90 Å². The first-order valence-electron chi connectivity index (χ1n) is 15.7. The van der Waals surface area contributed by atoms with E-state index in [0.29, 0.717) is 13.1 Å². The molecule has 0 saturated carbocycles. The lowest BCUT2D eigenvalue weighted by molar-refractivity contribution is -0.0186. The lowest BCUT2D eigenvalue weighted by atomic mass is 10.3. The van der Waals surface area contributed by atoms with Crippen LogP contribution in [0.15, 0.2) is 0 Å². The van der Waals surface area contributed by atoms with E-state index in [1.54, 1.807) is 13.8 Å². The average molecular weight is 791 g/mol. The molecule has 306 valence electrons. The Bertz CT molecular complexity index is 835. The first kappa shape index (κ1) is 55.5. The summed E-state index contributed by atoms with van der Waals surface area (Å²) in [6.07, 6.45) is -5.55. The minimum Gasteiger partial charge on any atom is -0.451 e. The molecule has 6 atom stereocenters. The fourth-order valence-electron chi connectivity index (χ4n) is 3.14. The van der Waals surface area contributed by atoms with Gasteiger partial charge in [0, 0.05) is 49.4 Å². The van der Waals surface area contributed by atoms with E-state index in [0.717, 1.165) is 4.90 Å². The fraction of sp³-hybridized carbons (Fsp3) is 0.867. The van der Waals surface area contributed by atoms with Crippen LogP contribution >= 0.6 is 23.2 Å². The van der Waals surface area contributed by atoms with Gasteiger partial charge in [-0.15, -0.1) is 0 Å². The molecule has 0 bridgehead atoms. The molecule has 0 fully saturated rings. The maximum Gasteiger partial charge on any atom is 0.411 e. The highest BCUT2D eigenvalue weighted by atomic mass is 35.5. The van der Waals surface area contributed by atoms with E-state index in [9.17, 15) is 39.6 Å². The summed E-state index contributed by atoms with van der Waals surface area (Å²) in [5.41, 5.74) is -1.76. The summed E-state index contributed by atoms with van der Waals surface area (Å²) in [6.45, 7) is 10.9. The van der Waals surface area contributed by atoms with Crippen molar-refractivity contribution >= 4 is 46.2 Å². The molecule has 6 unspecified atom stereocenters. The zero-order chi connectivity index (χ0) is 39.1. The zero-order valence-electron chi connectivity index (χ0n) is 29.6. The second-order valence-electron chi connectivity index (χ2n) is 10.7. The number of ether oxygens (including phenoxy) is 6. The molecule has 0 aromatic rings. The number of aliphatic hydroxyl groups is 6. The molecular formula is C30H61Cl2N3O16. The number of hydrogen-bond donors (Lipinski definition) is 7. The molecule has 51 heavy (non-hydrogen) atoms. The van der Waals surface area contributed by atoms with E-state index >= 15 is 0 Å². The Hall–Kier alpha value is -2.30. The van der Waals surface area contributed by atoms with Crippen LogP contribution in [0.2, 0.25) is 0 Å². The Kier molecular flexibility index (Phi) is 39.2.